The quantitative estimate of drug-likeness (QED) is 0.496. The minimum atomic E-state index is -0.695. The Kier molecular flexibility index (Phi) is 7.59. The standard InChI is InChI=1S/C19H28N4O3/c1-14-7-11-23(12-8-14)10-2-9-21-18(25)19(26)22-16-5-3-15(4-6-16)13-17(20)24/h3-6,14H,2,7-13H2,1H3,(H2,20,24)(H,21,25)(H,22,26). The number of hydrogen-bond donors (Lipinski definition) is 3. The summed E-state index contributed by atoms with van der Waals surface area (Å²) in [6.45, 7) is 5.93. The molecule has 4 N–H and O–H groups in total. The number of amides is 3. The number of nitrogens with one attached hydrogen (secondary N) is 2. The van der Waals surface area contributed by atoms with E-state index >= 15 is 0 Å². The highest BCUT2D eigenvalue weighted by molar-refractivity contribution is 6.39. The van der Waals surface area contributed by atoms with E-state index in [1.165, 1.54) is 12.8 Å². The zero-order valence-electron chi connectivity index (χ0n) is 15.3. The molecule has 1 heterocycles. The number of carbonyl (C=O) groups is 3. The molecule has 26 heavy (non-hydrogen) atoms. The van der Waals surface area contributed by atoms with Crippen LogP contribution in [0.25, 0.3) is 0 Å². The lowest BCUT2D eigenvalue weighted by atomic mass is 9.99. The fraction of sp³-hybridized carbons (Fsp3) is 0.526. The molecule has 7 heteroatoms. The Bertz CT molecular complexity index is 622. The molecule has 1 aliphatic rings. The number of rotatable bonds is 7. The van der Waals surface area contributed by atoms with Crippen molar-refractivity contribution in [1.82, 2.24) is 10.2 Å². The van der Waals surface area contributed by atoms with Crippen molar-refractivity contribution in [2.75, 3.05) is 31.5 Å². The smallest absolute Gasteiger partial charge is 0.313 e. The van der Waals surface area contributed by atoms with Crippen LogP contribution in [0.2, 0.25) is 0 Å². The SMILES string of the molecule is CC1CCN(CCCNC(=O)C(=O)Nc2ccc(CC(N)=O)cc2)CC1. The van der Waals surface area contributed by atoms with Gasteiger partial charge in [0.05, 0.1) is 6.42 Å². The van der Waals surface area contributed by atoms with E-state index in [0.29, 0.717) is 12.2 Å². The molecule has 0 saturated carbocycles. The number of piperidine rings is 1. The van der Waals surface area contributed by atoms with Crippen LogP contribution in [-0.4, -0.2) is 48.8 Å². The van der Waals surface area contributed by atoms with E-state index in [1.807, 2.05) is 0 Å². The monoisotopic (exact) mass is 360 g/mol. The molecule has 1 aromatic carbocycles. The average molecular weight is 360 g/mol. The fourth-order valence-corrected chi connectivity index (χ4v) is 2.97. The van der Waals surface area contributed by atoms with E-state index in [9.17, 15) is 14.4 Å². The van der Waals surface area contributed by atoms with Crippen molar-refractivity contribution >= 4 is 23.4 Å². The number of likely N-dealkylation sites (tertiary alicyclic amines) is 1. The first kappa shape index (κ1) is 19.9. The molecule has 0 aliphatic carbocycles. The van der Waals surface area contributed by atoms with Crippen molar-refractivity contribution in [3.8, 4) is 0 Å². The largest absolute Gasteiger partial charge is 0.369 e. The summed E-state index contributed by atoms with van der Waals surface area (Å²) < 4.78 is 0. The molecule has 0 aromatic heterocycles. The van der Waals surface area contributed by atoms with E-state index in [1.54, 1.807) is 24.3 Å². The Morgan fingerprint density at radius 2 is 1.77 bits per heavy atom. The van der Waals surface area contributed by atoms with Gasteiger partial charge in [-0.05, 0) is 62.5 Å². The van der Waals surface area contributed by atoms with Gasteiger partial charge in [-0.25, -0.2) is 0 Å². The Morgan fingerprint density at radius 3 is 2.38 bits per heavy atom. The van der Waals surface area contributed by atoms with E-state index in [0.717, 1.165) is 37.5 Å². The van der Waals surface area contributed by atoms with Crippen LogP contribution < -0.4 is 16.4 Å². The summed E-state index contributed by atoms with van der Waals surface area (Å²) in [5, 5.41) is 5.19. The average Bonchev–Trinajstić information content (AvgIpc) is 2.61. The predicted molar refractivity (Wildman–Crippen MR) is 100 cm³/mol. The second kappa shape index (κ2) is 9.91. The zero-order chi connectivity index (χ0) is 18.9. The van der Waals surface area contributed by atoms with Crippen LogP contribution in [0.3, 0.4) is 0 Å². The third kappa shape index (κ3) is 6.84. The van der Waals surface area contributed by atoms with Crippen LogP contribution in [0.4, 0.5) is 5.69 Å². The first-order valence-electron chi connectivity index (χ1n) is 9.13. The maximum atomic E-state index is 11.9. The summed E-state index contributed by atoms with van der Waals surface area (Å²) >= 11 is 0. The number of nitrogens with two attached hydrogens (primary N) is 1. The topological polar surface area (TPSA) is 105 Å². The van der Waals surface area contributed by atoms with Gasteiger partial charge in [0.2, 0.25) is 5.91 Å². The van der Waals surface area contributed by atoms with Crippen LogP contribution in [0.5, 0.6) is 0 Å². The third-order valence-electron chi connectivity index (χ3n) is 4.61. The van der Waals surface area contributed by atoms with Gasteiger partial charge in [0.25, 0.3) is 0 Å². The highest BCUT2D eigenvalue weighted by Crippen LogP contribution is 2.15. The predicted octanol–water partition coefficient (Wildman–Crippen LogP) is 0.891. The number of hydrogen-bond acceptors (Lipinski definition) is 4. The summed E-state index contributed by atoms with van der Waals surface area (Å²) in [6.07, 6.45) is 3.43. The molecule has 0 unspecified atom stereocenters. The van der Waals surface area contributed by atoms with Crippen molar-refractivity contribution in [3.63, 3.8) is 0 Å². The normalized spacial score (nSPS) is 15.4. The summed E-state index contributed by atoms with van der Waals surface area (Å²) in [7, 11) is 0. The fourth-order valence-electron chi connectivity index (χ4n) is 2.97. The summed E-state index contributed by atoms with van der Waals surface area (Å²) in [4.78, 5) is 37.0. The van der Waals surface area contributed by atoms with Crippen molar-refractivity contribution < 1.29 is 14.4 Å². The van der Waals surface area contributed by atoms with Crippen LogP contribution in [0.1, 0.15) is 31.7 Å². The molecule has 1 aliphatic heterocycles. The van der Waals surface area contributed by atoms with Crippen LogP contribution >= 0.6 is 0 Å². The molecule has 1 fully saturated rings. The zero-order valence-corrected chi connectivity index (χ0v) is 15.3. The summed E-state index contributed by atoms with van der Waals surface area (Å²) in [5.41, 5.74) is 6.39. The number of primary amides is 1. The molecule has 1 saturated heterocycles. The van der Waals surface area contributed by atoms with Gasteiger partial charge in [-0.3, -0.25) is 14.4 Å². The molecular weight excluding hydrogens is 332 g/mol. The van der Waals surface area contributed by atoms with Gasteiger partial charge in [0.15, 0.2) is 0 Å². The van der Waals surface area contributed by atoms with Crippen molar-refractivity contribution in [2.45, 2.75) is 32.6 Å². The van der Waals surface area contributed by atoms with Gasteiger partial charge in [-0.1, -0.05) is 19.1 Å². The molecule has 0 atom stereocenters. The van der Waals surface area contributed by atoms with Gasteiger partial charge in [0, 0.05) is 12.2 Å². The third-order valence-corrected chi connectivity index (χ3v) is 4.61. The Balaban J connectivity index is 1.65. The molecule has 142 valence electrons. The maximum absolute atomic E-state index is 11.9. The van der Waals surface area contributed by atoms with Crippen molar-refractivity contribution in [3.05, 3.63) is 29.8 Å². The highest BCUT2D eigenvalue weighted by Gasteiger charge is 2.16. The van der Waals surface area contributed by atoms with E-state index in [4.69, 9.17) is 5.73 Å². The number of carbonyl (C=O) groups excluding carboxylic acids is 3. The lowest BCUT2D eigenvalue weighted by Gasteiger charge is -2.30. The van der Waals surface area contributed by atoms with Gasteiger partial charge in [0.1, 0.15) is 0 Å². The number of nitrogens with zero attached hydrogens (tertiary/aromatic N) is 1. The second-order valence-electron chi connectivity index (χ2n) is 6.93. The van der Waals surface area contributed by atoms with Gasteiger partial charge in [-0.15, -0.1) is 0 Å². The second-order valence-corrected chi connectivity index (χ2v) is 6.93. The molecule has 3 amide bonds. The lowest BCUT2D eigenvalue weighted by Crippen LogP contribution is -2.38. The summed E-state index contributed by atoms with van der Waals surface area (Å²) in [6, 6.07) is 6.66. The molecule has 0 radical (unpaired) electrons. The molecule has 0 bridgehead atoms. The molecule has 0 spiro atoms. The van der Waals surface area contributed by atoms with Crippen LogP contribution in [-0.2, 0) is 20.8 Å². The first-order chi connectivity index (χ1) is 12.4. The molecule has 7 nitrogen and oxygen atoms in total. The van der Waals surface area contributed by atoms with Gasteiger partial charge < -0.3 is 21.3 Å². The van der Waals surface area contributed by atoms with E-state index in [-0.39, 0.29) is 6.42 Å². The minimum absolute atomic E-state index is 0.143. The summed E-state index contributed by atoms with van der Waals surface area (Å²) in [5.74, 6) is -0.947. The Labute approximate surface area is 154 Å². The van der Waals surface area contributed by atoms with E-state index < -0.39 is 17.7 Å². The van der Waals surface area contributed by atoms with Crippen LogP contribution in [0.15, 0.2) is 24.3 Å². The molecule has 1 aromatic rings. The Hall–Kier alpha value is -2.41. The number of benzene rings is 1. The van der Waals surface area contributed by atoms with Crippen molar-refractivity contribution in [2.24, 2.45) is 11.7 Å². The van der Waals surface area contributed by atoms with Gasteiger partial charge in [-0.2, -0.15) is 0 Å². The first-order valence-corrected chi connectivity index (χ1v) is 9.13. The van der Waals surface area contributed by atoms with E-state index in [2.05, 4.69) is 22.5 Å². The Morgan fingerprint density at radius 1 is 1.12 bits per heavy atom. The number of anilines is 1. The maximum Gasteiger partial charge on any atom is 0.313 e. The van der Waals surface area contributed by atoms with Gasteiger partial charge >= 0.3 is 11.8 Å². The minimum Gasteiger partial charge on any atom is -0.369 e. The lowest BCUT2D eigenvalue weighted by molar-refractivity contribution is -0.136. The van der Waals surface area contributed by atoms with Crippen LogP contribution in [0, 0.1) is 5.92 Å². The highest BCUT2D eigenvalue weighted by atomic mass is 16.2. The van der Waals surface area contributed by atoms with Crippen molar-refractivity contribution in [1.29, 1.82) is 0 Å². The molecular formula is C19H28N4O3. The molecule has 2 rings (SSSR count).